The zero-order valence-corrected chi connectivity index (χ0v) is 10.5. The maximum Gasteiger partial charge on any atom is 0.337 e. The molecule has 1 unspecified atom stereocenters. The Labute approximate surface area is 106 Å². The summed E-state index contributed by atoms with van der Waals surface area (Å²) < 4.78 is 9.51. The average Bonchev–Trinajstić information content (AvgIpc) is 2.43. The van der Waals surface area contributed by atoms with E-state index in [9.17, 15) is 4.79 Å². The summed E-state index contributed by atoms with van der Waals surface area (Å²) in [4.78, 5) is 11.3. The van der Waals surface area contributed by atoms with Gasteiger partial charge in [-0.3, -0.25) is 5.32 Å². The van der Waals surface area contributed by atoms with Gasteiger partial charge >= 0.3 is 5.97 Å². The first-order valence-electron chi connectivity index (χ1n) is 5.53. The fourth-order valence-corrected chi connectivity index (χ4v) is 1.47. The van der Waals surface area contributed by atoms with Crippen LogP contribution in [-0.4, -0.2) is 33.3 Å². The van der Waals surface area contributed by atoms with Gasteiger partial charge in [-0.05, 0) is 17.7 Å². The van der Waals surface area contributed by atoms with Gasteiger partial charge < -0.3 is 9.47 Å². The van der Waals surface area contributed by atoms with Crippen molar-refractivity contribution in [3.63, 3.8) is 0 Å². The Morgan fingerprint density at radius 2 is 2.06 bits per heavy atom. The second kappa shape index (κ2) is 7.43. The lowest BCUT2D eigenvalue weighted by Crippen LogP contribution is -2.24. The van der Waals surface area contributed by atoms with Crippen molar-refractivity contribution in [3.05, 3.63) is 35.4 Å². The number of hydrogen-bond acceptors (Lipinski definition) is 5. The molecule has 0 saturated carbocycles. The SMILES string of the molecule is COCCNC(C#N)c1ccc(C(=O)OC)cc1. The number of esters is 1. The van der Waals surface area contributed by atoms with Crippen LogP contribution in [0, 0.1) is 11.3 Å². The number of rotatable bonds is 6. The van der Waals surface area contributed by atoms with Gasteiger partial charge in [0, 0.05) is 13.7 Å². The highest BCUT2D eigenvalue weighted by Crippen LogP contribution is 2.13. The second-order valence-electron chi connectivity index (χ2n) is 3.62. The largest absolute Gasteiger partial charge is 0.465 e. The van der Waals surface area contributed by atoms with E-state index < -0.39 is 6.04 Å². The molecule has 0 radical (unpaired) electrons. The summed E-state index contributed by atoms with van der Waals surface area (Å²) >= 11 is 0. The molecule has 96 valence electrons. The molecule has 1 aromatic rings. The summed E-state index contributed by atoms with van der Waals surface area (Å²) in [5.74, 6) is -0.387. The first-order valence-corrected chi connectivity index (χ1v) is 5.53. The van der Waals surface area contributed by atoms with Gasteiger partial charge in [0.25, 0.3) is 0 Å². The van der Waals surface area contributed by atoms with Gasteiger partial charge in [-0.1, -0.05) is 12.1 Å². The quantitative estimate of drug-likeness (QED) is 0.606. The number of methoxy groups -OCH3 is 2. The Hall–Kier alpha value is -1.90. The van der Waals surface area contributed by atoms with Gasteiger partial charge in [-0.15, -0.1) is 0 Å². The second-order valence-corrected chi connectivity index (χ2v) is 3.62. The molecule has 1 atom stereocenters. The van der Waals surface area contributed by atoms with Crippen molar-refractivity contribution in [1.29, 1.82) is 5.26 Å². The van der Waals surface area contributed by atoms with Crippen molar-refractivity contribution in [2.45, 2.75) is 6.04 Å². The van der Waals surface area contributed by atoms with Crippen molar-refractivity contribution >= 4 is 5.97 Å². The van der Waals surface area contributed by atoms with E-state index in [1.807, 2.05) is 0 Å². The molecule has 0 saturated heterocycles. The van der Waals surface area contributed by atoms with Gasteiger partial charge in [0.1, 0.15) is 6.04 Å². The van der Waals surface area contributed by atoms with Crippen LogP contribution in [0.2, 0.25) is 0 Å². The summed E-state index contributed by atoms with van der Waals surface area (Å²) in [5.41, 5.74) is 1.27. The molecule has 1 aromatic carbocycles. The molecule has 0 amide bonds. The number of hydrogen-bond donors (Lipinski definition) is 1. The molecule has 18 heavy (non-hydrogen) atoms. The number of nitriles is 1. The van der Waals surface area contributed by atoms with Crippen LogP contribution < -0.4 is 5.32 Å². The molecule has 0 aliphatic rings. The highest BCUT2D eigenvalue weighted by Gasteiger charge is 2.11. The molecule has 0 aliphatic heterocycles. The lowest BCUT2D eigenvalue weighted by Gasteiger charge is -2.11. The molecule has 0 aromatic heterocycles. The fourth-order valence-electron chi connectivity index (χ4n) is 1.47. The van der Waals surface area contributed by atoms with E-state index in [0.29, 0.717) is 18.7 Å². The molecule has 0 fully saturated rings. The third-order valence-corrected chi connectivity index (χ3v) is 2.45. The van der Waals surface area contributed by atoms with Crippen molar-refractivity contribution in [2.24, 2.45) is 0 Å². The van der Waals surface area contributed by atoms with E-state index in [2.05, 4.69) is 16.1 Å². The Morgan fingerprint density at radius 1 is 1.39 bits per heavy atom. The minimum atomic E-state index is -0.410. The number of nitrogens with zero attached hydrogens (tertiary/aromatic N) is 1. The summed E-state index contributed by atoms with van der Waals surface area (Å²) in [6, 6.07) is 8.50. The van der Waals surface area contributed by atoms with Crippen LogP contribution in [0.15, 0.2) is 24.3 Å². The molecule has 5 heteroatoms. The predicted octanol–water partition coefficient (Wildman–Crippen LogP) is 1.27. The van der Waals surface area contributed by atoms with E-state index >= 15 is 0 Å². The normalized spacial score (nSPS) is 11.6. The van der Waals surface area contributed by atoms with E-state index in [0.717, 1.165) is 5.56 Å². The Bertz CT molecular complexity index is 423. The number of ether oxygens (including phenoxy) is 2. The lowest BCUT2D eigenvalue weighted by atomic mass is 10.1. The summed E-state index contributed by atoms with van der Waals surface area (Å²) in [6.45, 7) is 1.13. The maximum atomic E-state index is 11.3. The molecular formula is C13H16N2O3. The van der Waals surface area contributed by atoms with Gasteiger partial charge in [-0.25, -0.2) is 4.79 Å². The Balaban J connectivity index is 2.70. The number of carbonyl (C=O) groups is 1. The highest BCUT2D eigenvalue weighted by molar-refractivity contribution is 5.89. The minimum Gasteiger partial charge on any atom is -0.465 e. The topological polar surface area (TPSA) is 71.3 Å². The molecule has 1 rings (SSSR count). The van der Waals surface area contributed by atoms with Crippen molar-refractivity contribution in [1.82, 2.24) is 5.32 Å². The van der Waals surface area contributed by atoms with E-state index in [-0.39, 0.29) is 5.97 Å². The molecule has 0 spiro atoms. The first kappa shape index (κ1) is 14.2. The molecule has 0 aliphatic carbocycles. The highest BCUT2D eigenvalue weighted by atomic mass is 16.5. The van der Waals surface area contributed by atoms with E-state index in [1.165, 1.54) is 7.11 Å². The molecule has 1 N–H and O–H groups in total. The molecule has 0 heterocycles. The number of nitrogens with one attached hydrogen (secondary N) is 1. The standard InChI is InChI=1S/C13H16N2O3/c1-17-8-7-15-12(9-14)10-3-5-11(6-4-10)13(16)18-2/h3-6,12,15H,7-8H2,1-2H3. The van der Waals surface area contributed by atoms with Crippen LogP contribution in [0.3, 0.4) is 0 Å². The predicted molar refractivity (Wildman–Crippen MR) is 66.0 cm³/mol. The summed E-state index contributed by atoms with van der Waals surface area (Å²) in [6.07, 6.45) is 0. The summed E-state index contributed by atoms with van der Waals surface area (Å²) in [5, 5.41) is 12.1. The van der Waals surface area contributed by atoms with Crippen LogP contribution in [0.1, 0.15) is 22.0 Å². The van der Waals surface area contributed by atoms with E-state index in [1.54, 1.807) is 31.4 Å². The average molecular weight is 248 g/mol. The minimum absolute atomic E-state index is 0.387. The Morgan fingerprint density at radius 3 is 2.56 bits per heavy atom. The van der Waals surface area contributed by atoms with Crippen molar-refractivity contribution < 1.29 is 14.3 Å². The van der Waals surface area contributed by atoms with Crippen LogP contribution in [0.5, 0.6) is 0 Å². The van der Waals surface area contributed by atoms with Gasteiger partial charge in [0.2, 0.25) is 0 Å². The molecule has 5 nitrogen and oxygen atoms in total. The van der Waals surface area contributed by atoms with Gasteiger partial charge in [-0.2, -0.15) is 5.26 Å². The zero-order chi connectivity index (χ0) is 13.4. The van der Waals surface area contributed by atoms with Crippen LogP contribution in [0.4, 0.5) is 0 Å². The van der Waals surface area contributed by atoms with Crippen molar-refractivity contribution in [2.75, 3.05) is 27.4 Å². The zero-order valence-electron chi connectivity index (χ0n) is 10.5. The van der Waals surface area contributed by atoms with E-state index in [4.69, 9.17) is 10.00 Å². The van der Waals surface area contributed by atoms with Gasteiger partial charge in [0.15, 0.2) is 0 Å². The molecule has 0 bridgehead atoms. The fraction of sp³-hybridized carbons (Fsp3) is 0.385. The lowest BCUT2D eigenvalue weighted by molar-refractivity contribution is 0.0600. The third kappa shape index (κ3) is 3.84. The maximum absolute atomic E-state index is 11.3. The van der Waals surface area contributed by atoms with Crippen LogP contribution >= 0.6 is 0 Å². The number of carbonyl (C=O) groups excluding carboxylic acids is 1. The summed E-state index contributed by atoms with van der Waals surface area (Å²) in [7, 11) is 2.94. The van der Waals surface area contributed by atoms with Gasteiger partial charge in [0.05, 0.1) is 25.3 Å². The molecular weight excluding hydrogens is 232 g/mol. The Kier molecular flexibility index (Phi) is 5.85. The van der Waals surface area contributed by atoms with Crippen LogP contribution in [-0.2, 0) is 9.47 Å². The van der Waals surface area contributed by atoms with Crippen LogP contribution in [0.25, 0.3) is 0 Å². The smallest absolute Gasteiger partial charge is 0.337 e. The first-order chi connectivity index (χ1) is 8.72. The monoisotopic (exact) mass is 248 g/mol. The van der Waals surface area contributed by atoms with Crippen molar-refractivity contribution in [3.8, 4) is 6.07 Å². The third-order valence-electron chi connectivity index (χ3n) is 2.45. The number of benzene rings is 1.